The summed E-state index contributed by atoms with van der Waals surface area (Å²) >= 11 is 11.2. The van der Waals surface area contributed by atoms with E-state index < -0.39 is 5.25 Å². The van der Waals surface area contributed by atoms with Gasteiger partial charge in [0.05, 0.1) is 11.1 Å². The number of hydrogen-bond donors (Lipinski definition) is 0. The number of rotatable bonds is 11. The van der Waals surface area contributed by atoms with E-state index in [-0.39, 0.29) is 18.1 Å². The van der Waals surface area contributed by atoms with Crippen LogP contribution in [0.4, 0.5) is 0 Å². The molecule has 0 fully saturated rings. The minimum atomic E-state index is -0.564. The standard InChI is InChI=1S/C27H26BrClN4O4S/c1-4-36-24-14-20(13-22(28)26(24)37-16-19-7-5-6-8-23(19)29)25(15-32(34)35)38-27-31-30-18(3)33(27)21-11-9-17(2)10-12-21/h5-14,25H,4,15-16H2,1-3H3/t25-/m0/s1. The fraction of sp³-hybridized carbons (Fsp3) is 0.259. The molecule has 0 unspecified atom stereocenters. The second kappa shape index (κ2) is 12.6. The van der Waals surface area contributed by atoms with Gasteiger partial charge in [-0.3, -0.25) is 14.7 Å². The van der Waals surface area contributed by atoms with Crippen molar-refractivity contribution in [3.05, 3.63) is 103 Å². The average Bonchev–Trinajstić information content (AvgIpc) is 3.24. The van der Waals surface area contributed by atoms with E-state index in [2.05, 4.69) is 26.1 Å². The maximum atomic E-state index is 11.7. The van der Waals surface area contributed by atoms with Crippen LogP contribution in [0.3, 0.4) is 0 Å². The maximum Gasteiger partial charge on any atom is 0.220 e. The van der Waals surface area contributed by atoms with Crippen molar-refractivity contribution in [1.82, 2.24) is 14.8 Å². The molecule has 198 valence electrons. The van der Waals surface area contributed by atoms with Crippen LogP contribution in [0, 0.1) is 24.0 Å². The van der Waals surface area contributed by atoms with Crippen molar-refractivity contribution in [3.8, 4) is 17.2 Å². The average molecular weight is 618 g/mol. The van der Waals surface area contributed by atoms with Gasteiger partial charge < -0.3 is 9.47 Å². The molecule has 1 aromatic heterocycles. The van der Waals surface area contributed by atoms with Crippen molar-refractivity contribution in [2.24, 2.45) is 0 Å². The lowest BCUT2D eigenvalue weighted by Gasteiger charge is -2.19. The first-order valence-corrected chi connectivity index (χ1v) is 13.9. The quantitative estimate of drug-likeness (QED) is 0.0984. The van der Waals surface area contributed by atoms with E-state index in [9.17, 15) is 10.1 Å². The van der Waals surface area contributed by atoms with Crippen molar-refractivity contribution < 1.29 is 14.4 Å². The van der Waals surface area contributed by atoms with Crippen LogP contribution in [0.15, 0.2) is 70.3 Å². The first-order chi connectivity index (χ1) is 18.3. The number of aryl methyl sites for hydroxylation is 2. The van der Waals surface area contributed by atoms with Crippen LogP contribution in [-0.2, 0) is 6.61 Å². The van der Waals surface area contributed by atoms with E-state index in [0.29, 0.717) is 44.1 Å². The Kier molecular flexibility index (Phi) is 9.30. The molecule has 3 aromatic carbocycles. The molecule has 0 saturated carbocycles. The fourth-order valence-corrected chi connectivity index (χ4v) is 5.74. The predicted molar refractivity (Wildman–Crippen MR) is 152 cm³/mol. The first-order valence-electron chi connectivity index (χ1n) is 11.9. The maximum absolute atomic E-state index is 11.7. The minimum absolute atomic E-state index is 0.240. The monoisotopic (exact) mass is 616 g/mol. The predicted octanol–water partition coefficient (Wildman–Crippen LogP) is 7.39. The molecule has 0 aliphatic rings. The molecular formula is C27H26BrClN4O4S. The lowest BCUT2D eigenvalue weighted by molar-refractivity contribution is -0.479. The SMILES string of the molecule is CCOc1cc([C@H](C[N+](=O)[O-])Sc2nnc(C)n2-c2ccc(C)cc2)cc(Br)c1OCc1ccccc1Cl. The van der Waals surface area contributed by atoms with Crippen LogP contribution in [0.5, 0.6) is 11.5 Å². The van der Waals surface area contributed by atoms with E-state index in [0.717, 1.165) is 16.8 Å². The Hall–Kier alpha value is -3.08. The van der Waals surface area contributed by atoms with Crippen molar-refractivity contribution in [2.45, 2.75) is 37.8 Å². The topological polar surface area (TPSA) is 92.3 Å². The molecule has 4 rings (SSSR count). The summed E-state index contributed by atoms with van der Waals surface area (Å²) in [5.41, 5.74) is 3.55. The Balaban J connectivity index is 1.67. The molecule has 1 heterocycles. The number of nitro groups is 1. The van der Waals surface area contributed by atoms with Gasteiger partial charge in [-0.2, -0.15) is 0 Å². The largest absolute Gasteiger partial charge is 0.490 e. The van der Waals surface area contributed by atoms with Gasteiger partial charge in [-0.1, -0.05) is 59.3 Å². The van der Waals surface area contributed by atoms with Gasteiger partial charge in [-0.15, -0.1) is 10.2 Å². The molecule has 11 heteroatoms. The van der Waals surface area contributed by atoms with Crippen LogP contribution in [0.1, 0.15) is 34.7 Å². The third-order valence-corrected chi connectivity index (χ3v) is 7.82. The minimum Gasteiger partial charge on any atom is -0.490 e. The Morgan fingerprint density at radius 1 is 1.11 bits per heavy atom. The molecule has 38 heavy (non-hydrogen) atoms. The first kappa shape index (κ1) is 27.9. The van der Waals surface area contributed by atoms with E-state index in [4.69, 9.17) is 21.1 Å². The van der Waals surface area contributed by atoms with Gasteiger partial charge in [0.25, 0.3) is 0 Å². The molecule has 4 aromatic rings. The van der Waals surface area contributed by atoms with E-state index >= 15 is 0 Å². The summed E-state index contributed by atoms with van der Waals surface area (Å²) in [5, 5.41) is 20.9. The lowest BCUT2D eigenvalue weighted by atomic mass is 10.1. The van der Waals surface area contributed by atoms with Gasteiger partial charge >= 0.3 is 0 Å². The lowest BCUT2D eigenvalue weighted by Crippen LogP contribution is -2.12. The molecule has 0 saturated heterocycles. The highest BCUT2D eigenvalue weighted by Gasteiger charge is 2.26. The van der Waals surface area contributed by atoms with Crippen LogP contribution in [0.25, 0.3) is 5.69 Å². The summed E-state index contributed by atoms with van der Waals surface area (Å²) < 4.78 is 14.5. The van der Waals surface area contributed by atoms with Crippen LogP contribution in [0.2, 0.25) is 5.02 Å². The van der Waals surface area contributed by atoms with Crippen molar-refractivity contribution in [1.29, 1.82) is 0 Å². The number of ether oxygens (including phenoxy) is 2. The van der Waals surface area contributed by atoms with Gasteiger partial charge in [0.15, 0.2) is 16.7 Å². The van der Waals surface area contributed by atoms with Gasteiger partial charge in [-0.25, -0.2) is 0 Å². The van der Waals surface area contributed by atoms with Crippen LogP contribution < -0.4 is 9.47 Å². The number of hydrogen-bond acceptors (Lipinski definition) is 7. The summed E-state index contributed by atoms with van der Waals surface area (Å²) in [5.74, 6) is 1.67. The van der Waals surface area contributed by atoms with Crippen molar-refractivity contribution >= 4 is 39.3 Å². The molecule has 0 amide bonds. The van der Waals surface area contributed by atoms with Crippen LogP contribution in [-0.4, -0.2) is 32.8 Å². The van der Waals surface area contributed by atoms with Crippen LogP contribution >= 0.6 is 39.3 Å². The smallest absolute Gasteiger partial charge is 0.220 e. The molecule has 0 aliphatic heterocycles. The highest BCUT2D eigenvalue weighted by atomic mass is 79.9. The number of thioether (sulfide) groups is 1. The zero-order chi connectivity index (χ0) is 27.2. The van der Waals surface area contributed by atoms with E-state index in [1.54, 1.807) is 12.1 Å². The number of benzene rings is 3. The molecule has 0 bridgehead atoms. The van der Waals surface area contributed by atoms with Gasteiger partial charge in [-0.05, 0) is 72.6 Å². The molecule has 0 N–H and O–H groups in total. The van der Waals surface area contributed by atoms with Gasteiger partial charge in [0.2, 0.25) is 6.54 Å². The van der Waals surface area contributed by atoms with E-state index in [1.807, 2.05) is 73.9 Å². The third kappa shape index (κ3) is 6.67. The summed E-state index contributed by atoms with van der Waals surface area (Å²) in [7, 11) is 0. The Morgan fingerprint density at radius 3 is 2.53 bits per heavy atom. The second-order valence-corrected chi connectivity index (χ2v) is 10.9. The van der Waals surface area contributed by atoms with Crippen molar-refractivity contribution in [2.75, 3.05) is 13.2 Å². The molecule has 1 atom stereocenters. The molecule has 0 spiro atoms. The Labute approximate surface area is 238 Å². The van der Waals surface area contributed by atoms with E-state index in [1.165, 1.54) is 11.8 Å². The molecule has 0 radical (unpaired) electrons. The van der Waals surface area contributed by atoms with Gasteiger partial charge in [0, 0.05) is 21.2 Å². The highest BCUT2D eigenvalue weighted by Crippen LogP contribution is 2.43. The molecular weight excluding hydrogens is 592 g/mol. The normalized spacial score (nSPS) is 11.8. The number of nitrogens with zero attached hydrogens (tertiary/aromatic N) is 4. The summed E-state index contributed by atoms with van der Waals surface area (Å²) in [6.45, 7) is 6.06. The van der Waals surface area contributed by atoms with Crippen molar-refractivity contribution in [3.63, 3.8) is 0 Å². The zero-order valence-electron chi connectivity index (χ0n) is 21.1. The summed E-state index contributed by atoms with van der Waals surface area (Å²) in [4.78, 5) is 11.4. The number of halogens is 2. The second-order valence-electron chi connectivity index (χ2n) is 8.47. The Morgan fingerprint density at radius 2 is 1.84 bits per heavy atom. The summed E-state index contributed by atoms with van der Waals surface area (Å²) in [6.07, 6.45) is 0. The fourth-order valence-electron chi connectivity index (χ4n) is 3.83. The zero-order valence-corrected chi connectivity index (χ0v) is 24.2. The summed E-state index contributed by atoms with van der Waals surface area (Å²) in [6, 6.07) is 19.0. The molecule has 8 nitrogen and oxygen atoms in total. The number of aromatic nitrogens is 3. The Bertz CT molecular complexity index is 1430. The molecule has 0 aliphatic carbocycles. The third-order valence-electron chi connectivity index (χ3n) is 5.68. The highest BCUT2D eigenvalue weighted by molar-refractivity contribution is 9.10. The van der Waals surface area contributed by atoms with Gasteiger partial charge in [0.1, 0.15) is 17.7 Å².